The highest BCUT2D eigenvalue weighted by atomic mass is 15.1. The first kappa shape index (κ1) is 10.8. The van der Waals surface area contributed by atoms with Crippen molar-refractivity contribution in [1.82, 2.24) is 5.32 Å². The lowest BCUT2D eigenvalue weighted by Gasteiger charge is -2.03. The lowest BCUT2D eigenvalue weighted by Crippen LogP contribution is -2.32. The van der Waals surface area contributed by atoms with Gasteiger partial charge in [0, 0.05) is 19.5 Å². The van der Waals surface area contributed by atoms with Gasteiger partial charge in [0.1, 0.15) is 0 Å². The average Bonchev–Trinajstić information content (AvgIpc) is 2.01. The monoisotopic (exact) mass is 167 g/mol. The molecule has 0 saturated carbocycles. The Labute approximate surface area is 74.4 Å². The third kappa shape index (κ3) is 6.94. The van der Waals surface area contributed by atoms with Gasteiger partial charge >= 0.3 is 0 Å². The van der Waals surface area contributed by atoms with E-state index in [1.165, 1.54) is 0 Å². The zero-order valence-corrected chi connectivity index (χ0v) is 7.80. The van der Waals surface area contributed by atoms with Crippen LogP contribution in [0.25, 0.3) is 0 Å². The van der Waals surface area contributed by atoms with Crippen LogP contribution in [-0.4, -0.2) is 19.0 Å². The third-order valence-electron chi connectivity index (χ3n) is 1.20. The first-order valence-corrected chi connectivity index (χ1v) is 4.14. The highest BCUT2D eigenvalue weighted by Gasteiger charge is 1.92. The van der Waals surface area contributed by atoms with Crippen molar-refractivity contribution in [2.75, 3.05) is 13.1 Å². The van der Waals surface area contributed by atoms with Gasteiger partial charge < -0.3 is 11.1 Å². The molecule has 0 radical (unpaired) electrons. The molecule has 0 aliphatic rings. The molecule has 0 aliphatic heterocycles. The highest BCUT2D eigenvalue weighted by molar-refractivity contribution is 5.77. The Morgan fingerprint density at radius 3 is 2.83 bits per heavy atom. The molecule has 0 atom stereocenters. The van der Waals surface area contributed by atoms with Crippen LogP contribution in [0.1, 0.15) is 20.3 Å². The average molecular weight is 167 g/mol. The van der Waals surface area contributed by atoms with E-state index in [0.29, 0.717) is 24.8 Å². The number of nitrogens with one attached hydrogen (secondary N) is 1. The molecular formula is C9H17N3. The van der Waals surface area contributed by atoms with Gasteiger partial charge in [0.15, 0.2) is 5.96 Å². The van der Waals surface area contributed by atoms with E-state index in [0.717, 1.165) is 6.54 Å². The molecule has 68 valence electrons. The van der Waals surface area contributed by atoms with Crippen LogP contribution in [0.5, 0.6) is 0 Å². The second-order valence-electron chi connectivity index (χ2n) is 3.00. The van der Waals surface area contributed by atoms with Crippen molar-refractivity contribution in [2.24, 2.45) is 16.6 Å². The van der Waals surface area contributed by atoms with E-state index in [1.807, 2.05) is 0 Å². The lowest BCUT2D eigenvalue weighted by atomic mass is 10.2. The normalized spacial score (nSPS) is 11.3. The molecule has 0 rings (SSSR count). The number of aliphatic imine (C=N–C) groups is 1. The zero-order valence-electron chi connectivity index (χ0n) is 7.80. The van der Waals surface area contributed by atoms with Crippen molar-refractivity contribution in [1.29, 1.82) is 0 Å². The Morgan fingerprint density at radius 1 is 1.67 bits per heavy atom. The molecule has 0 spiro atoms. The third-order valence-corrected chi connectivity index (χ3v) is 1.20. The largest absolute Gasteiger partial charge is 0.370 e. The first-order chi connectivity index (χ1) is 5.66. The molecule has 0 unspecified atom stereocenters. The first-order valence-electron chi connectivity index (χ1n) is 4.14. The van der Waals surface area contributed by atoms with Gasteiger partial charge in [-0.1, -0.05) is 13.8 Å². The summed E-state index contributed by atoms with van der Waals surface area (Å²) in [6.45, 7) is 5.65. The van der Waals surface area contributed by atoms with Crippen molar-refractivity contribution in [3.63, 3.8) is 0 Å². The van der Waals surface area contributed by atoms with Gasteiger partial charge in [-0.3, -0.25) is 4.99 Å². The number of rotatable bonds is 4. The van der Waals surface area contributed by atoms with E-state index in [-0.39, 0.29) is 0 Å². The SMILES string of the molecule is C#CCCNC(N)=NCC(C)C. The minimum atomic E-state index is 0.485. The molecule has 3 N–H and O–H groups in total. The summed E-state index contributed by atoms with van der Waals surface area (Å²) < 4.78 is 0. The van der Waals surface area contributed by atoms with Crippen molar-refractivity contribution < 1.29 is 0 Å². The smallest absolute Gasteiger partial charge is 0.188 e. The molecule has 3 nitrogen and oxygen atoms in total. The molecule has 0 bridgehead atoms. The molecular weight excluding hydrogens is 150 g/mol. The fourth-order valence-electron chi connectivity index (χ4n) is 0.600. The number of nitrogens with two attached hydrogens (primary N) is 1. The summed E-state index contributed by atoms with van der Waals surface area (Å²) in [4.78, 5) is 4.11. The number of nitrogens with zero attached hydrogens (tertiary/aromatic N) is 1. The molecule has 12 heavy (non-hydrogen) atoms. The number of hydrogen-bond acceptors (Lipinski definition) is 1. The van der Waals surface area contributed by atoms with Crippen LogP contribution in [0.4, 0.5) is 0 Å². The molecule has 0 aromatic heterocycles. The van der Waals surface area contributed by atoms with Gasteiger partial charge in [0.05, 0.1) is 0 Å². The van der Waals surface area contributed by atoms with E-state index in [1.54, 1.807) is 0 Å². The van der Waals surface area contributed by atoms with Crippen molar-refractivity contribution in [3.8, 4) is 12.3 Å². The summed E-state index contributed by atoms with van der Waals surface area (Å²) in [5.41, 5.74) is 5.53. The van der Waals surface area contributed by atoms with Crippen molar-refractivity contribution in [3.05, 3.63) is 0 Å². The predicted octanol–water partition coefficient (Wildman–Crippen LogP) is 0.570. The Hall–Kier alpha value is -1.17. The van der Waals surface area contributed by atoms with Crippen LogP contribution in [-0.2, 0) is 0 Å². The predicted molar refractivity (Wildman–Crippen MR) is 52.8 cm³/mol. The molecule has 0 amide bonds. The molecule has 3 heteroatoms. The maximum absolute atomic E-state index is 5.53. The Balaban J connectivity index is 3.50. The number of hydrogen-bond donors (Lipinski definition) is 2. The standard InChI is InChI=1S/C9H17N3/c1-4-5-6-11-9(10)12-7-8(2)3/h1,8H,5-7H2,2-3H3,(H3,10,11,12). The molecule has 0 aliphatic carbocycles. The maximum atomic E-state index is 5.53. The second kappa shape index (κ2) is 6.53. The van der Waals surface area contributed by atoms with Crippen molar-refractivity contribution >= 4 is 5.96 Å². The van der Waals surface area contributed by atoms with Gasteiger partial charge in [-0.15, -0.1) is 12.3 Å². The summed E-state index contributed by atoms with van der Waals surface area (Å²) in [6, 6.07) is 0. The Kier molecular flexibility index (Phi) is 5.90. The summed E-state index contributed by atoms with van der Waals surface area (Å²) in [6.07, 6.45) is 5.74. The van der Waals surface area contributed by atoms with E-state index >= 15 is 0 Å². The molecule has 0 saturated heterocycles. The van der Waals surface area contributed by atoms with E-state index < -0.39 is 0 Å². The van der Waals surface area contributed by atoms with Crippen LogP contribution < -0.4 is 11.1 Å². The Morgan fingerprint density at radius 2 is 2.33 bits per heavy atom. The van der Waals surface area contributed by atoms with Crippen LogP contribution >= 0.6 is 0 Å². The van der Waals surface area contributed by atoms with E-state index in [4.69, 9.17) is 12.2 Å². The van der Waals surface area contributed by atoms with Gasteiger partial charge in [0.25, 0.3) is 0 Å². The second-order valence-corrected chi connectivity index (χ2v) is 3.00. The summed E-state index contributed by atoms with van der Waals surface area (Å²) >= 11 is 0. The summed E-state index contributed by atoms with van der Waals surface area (Å²) in [5, 5.41) is 2.92. The zero-order chi connectivity index (χ0) is 9.40. The van der Waals surface area contributed by atoms with Gasteiger partial charge in [-0.2, -0.15) is 0 Å². The topological polar surface area (TPSA) is 50.4 Å². The van der Waals surface area contributed by atoms with Crippen LogP contribution in [0.2, 0.25) is 0 Å². The van der Waals surface area contributed by atoms with Crippen LogP contribution in [0, 0.1) is 18.3 Å². The maximum Gasteiger partial charge on any atom is 0.188 e. The quantitative estimate of drug-likeness (QED) is 0.278. The molecule has 0 aromatic rings. The molecule has 0 fully saturated rings. The van der Waals surface area contributed by atoms with Crippen LogP contribution in [0.3, 0.4) is 0 Å². The fourth-order valence-corrected chi connectivity index (χ4v) is 0.600. The highest BCUT2D eigenvalue weighted by Crippen LogP contribution is 1.90. The molecule has 0 heterocycles. The van der Waals surface area contributed by atoms with Gasteiger partial charge in [0.2, 0.25) is 0 Å². The van der Waals surface area contributed by atoms with Crippen molar-refractivity contribution in [2.45, 2.75) is 20.3 Å². The number of terminal acetylenes is 1. The molecule has 0 aromatic carbocycles. The minimum absolute atomic E-state index is 0.485. The summed E-state index contributed by atoms with van der Waals surface area (Å²) in [5.74, 6) is 3.54. The lowest BCUT2D eigenvalue weighted by molar-refractivity contribution is 0.661. The van der Waals surface area contributed by atoms with Gasteiger partial charge in [-0.25, -0.2) is 0 Å². The number of guanidine groups is 1. The minimum Gasteiger partial charge on any atom is -0.370 e. The van der Waals surface area contributed by atoms with Gasteiger partial charge in [-0.05, 0) is 5.92 Å². The Bertz CT molecular complexity index is 177. The van der Waals surface area contributed by atoms with Crippen LogP contribution in [0.15, 0.2) is 4.99 Å². The fraction of sp³-hybridized carbons (Fsp3) is 0.667. The van der Waals surface area contributed by atoms with E-state index in [2.05, 4.69) is 30.1 Å². The summed E-state index contributed by atoms with van der Waals surface area (Å²) in [7, 11) is 0. The van der Waals surface area contributed by atoms with E-state index in [9.17, 15) is 0 Å².